The number of halogens is 1. The number of nitrogens with zero attached hydrogens (tertiary/aromatic N) is 2. The molecule has 0 fully saturated rings. The van der Waals surface area contributed by atoms with Gasteiger partial charge in [-0.15, -0.1) is 0 Å². The van der Waals surface area contributed by atoms with Crippen LogP contribution in [0.1, 0.15) is 15.9 Å². The van der Waals surface area contributed by atoms with Crippen molar-refractivity contribution in [1.29, 1.82) is 0 Å². The largest absolute Gasteiger partial charge is 0.497 e. The number of nitro groups is 1. The van der Waals surface area contributed by atoms with Crippen molar-refractivity contribution in [1.82, 2.24) is 5.43 Å². The molecule has 9 heteroatoms. The molecule has 0 atom stereocenters. The number of hydrogen-bond donors (Lipinski definition) is 1. The maximum atomic E-state index is 12.2. The molecule has 1 amide bonds. The predicted molar refractivity (Wildman–Crippen MR) is 92.7 cm³/mol. The third-order valence-electron chi connectivity index (χ3n) is 3.21. The van der Waals surface area contributed by atoms with Gasteiger partial charge in [0.05, 0.1) is 30.9 Å². The van der Waals surface area contributed by atoms with Gasteiger partial charge in [-0.05, 0) is 18.2 Å². The van der Waals surface area contributed by atoms with Crippen LogP contribution in [0.3, 0.4) is 0 Å². The quantitative estimate of drug-likeness (QED) is 0.482. The average Bonchev–Trinajstić information content (AvgIpc) is 2.62. The highest BCUT2D eigenvalue weighted by Gasteiger charge is 2.13. The number of amides is 1. The summed E-state index contributed by atoms with van der Waals surface area (Å²) in [6, 6.07) is 8.62. The summed E-state index contributed by atoms with van der Waals surface area (Å²) in [7, 11) is 2.93. The van der Waals surface area contributed by atoms with Crippen LogP contribution in [0, 0.1) is 10.1 Å². The standard InChI is InChI=1S/C16H14ClN3O5/c1-24-12-4-5-13(15(8-12)25-2)16(21)19-18-9-10-7-11(20(22)23)3-6-14(10)17/h3-9H,1-2H3,(H,19,21)/b18-9-. The second kappa shape index (κ2) is 8.11. The fraction of sp³-hybridized carbons (Fsp3) is 0.125. The van der Waals surface area contributed by atoms with Crippen LogP contribution in [0.25, 0.3) is 0 Å². The topological polar surface area (TPSA) is 103 Å². The van der Waals surface area contributed by atoms with Crippen molar-refractivity contribution in [3.05, 3.63) is 62.7 Å². The number of nitrogens with one attached hydrogen (secondary N) is 1. The molecule has 2 aromatic carbocycles. The average molecular weight is 364 g/mol. The number of hydrazone groups is 1. The van der Waals surface area contributed by atoms with Crippen LogP contribution in [0.2, 0.25) is 5.02 Å². The van der Waals surface area contributed by atoms with Crippen molar-refractivity contribution in [3.63, 3.8) is 0 Å². The highest BCUT2D eigenvalue weighted by molar-refractivity contribution is 6.33. The maximum absolute atomic E-state index is 12.2. The van der Waals surface area contributed by atoms with Crippen LogP contribution in [0.4, 0.5) is 5.69 Å². The van der Waals surface area contributed by atoms with Crippen LogP contribution in [-0.2, 0) is 0 Å². The number of hydrogen-bond acceptors (Lipinski definition) is 6. The monoisotopic (exact) mass is 363 g/mol. The Morgan fingerprint density at radius 2 is 2.00 bits per heavy atom. The van der Waals surface area contributed by atoms with Crippen molar-refractivity contribution >= 4 is 29.4 Å². The molecule has 2 aromatic rings. The highest BCUT2D eigenvalue weighted by atomic mass is 35.5. The van der Waals surface area contributed by atoms with Gasteiger partial charge in [0.15, 0.2) is 0 Å². The summed E-state index contributed by atoms with van der Waals surface area (Å²) in [5.41, 5.74) is 2.74. The Labute approximate surface area is 148 Å². The molecule has 0 aliphatic rings. The molecule has 0 heterocycles. The molecule has 25 heavy (non-hydrogen) atoms. The Balaban J connectivity index is 2.16. The first-order valence-corrected chi connectivity index (χ1v) is 7.33. The lowest BCUT2D eigenvalue weighted by Gasteiger charge is -2.08. The zero-order valence-corrected chi connectivity index (χ0v) is 14.1. The van der Waals surface area contributed by atoms with Gasteiger partial charge in [-0.1, -0.05) is 11.6 Å². The van der Waals surface area contributed by atoms with Crippen LogP contribution >= 0.6 is 11.6 Å². The highest BCUT2D eigenvalue weighted by Crippen LogP contribution is 2.24. The van der Waals surface area contributed by atoms with Gasteiger partial charge in [-0.25, -0.2) is 5.43 Å². The molecule has 130 valence electrons. The third-order valence-corrected chi connectivity index (χ3v) is 3.56. The summed E-state index contributed by atoms with van der Waals surface area (Å²) in [5, 5.41) is 14.8. The Bertz CT molecular complexity index is 839. The molecule has 0 radical (unpaired) electrons. The van der Waals surface area contributed by atoms with Gasteiger partial charge in [0.1, 0.15) is 11.5 Å². The first kappa shape index (κ1) is 18.2. The van der Waals surface area contributed by atoms with Gasteiger partial charge in [-0.2, -0.15) is 5.10 Å². The van der Waals surface area contributed by atoms with E-state index >= 15 is 0 Å². The second-order valence-corrected chi connectivity index (χ2v) is 5.14. The number of methoxy groups -OCH3 is 2. The molecule has 0 aromatic heterocycles. The van der Waals surface area contributed by atoms with E-state index in [-0.39, 0.29) is 16.3 Å². The summed E-state index contributed by atoms with van der Waals surface area (Å²) >= 11 is 5.95. The second-order valence-electron chi connectivity index (χ2n) is 4.73. The minimum atomic E-state index is -0.547. The maximum Gasteiger partial charge on any atom is 0.275 e. The molecule has 0 spiro atoms. The van der Waals surface area contributed by atoms with E-state index in [4.69, 9.17) is 21.1 Å². The van der Waals surface area contributed by atoms with Gasteiger partial charge in [0, 0.05) is 28.8 Å². The van der Waals surface area contributed by atoms with E-state index in [1.54, 1.807) is 12.1 Å². The van der Waals surface area contributed by atoms with Gasteiger partial charge in [0.25, 0.3) is 11.6 Å². The fourth-order valence-corrected chi connectivity index (χ4v) is 2.12. The molecule has 0 unspecified atom stereocenters. The van der Waals surface area contributed by atoms with Crippen LogP contribution < -0.4 is 14.9 Å². The summed E-state index contributed by atoms with van der Waals surface area (Å²) < 4.78 is 10.2. The number of ether oxygens (including phenoxy) is 2. The summed E-state index contributed by atoms with van der Waals surface area (Å²) in [6.45, 7) is 0. The lowest BCUT2D eigenvalue weighted by atomic mass is 10.2. The van der Waals surface area contributed by atoms with Gasteiger partial charge in [-0.3, -0.25) is 14.9 Å². The molecule has 0 aliphatic carbocycles. The summed E-state index contributed by atoms with van der Waals surface area (Å²) in [4.78, 5) is 22.4. The molecular formula is C16H14ClN3O5. The fourth-order valence-electron chi connectivity index (χ4n) is 1.95. The molecule has 0 saturated heterocycles. The van der Waals surface area contributed by atoms with Crippen molar-refractivity contribution in [3.8, 4) is 11.5 Å². The lowest BCUT2D eigenvalue weighted by Crippen LogP contribution is -2.18. The number of carbonyl (C=O) groups is 1. The molecule has 0 bridgehead atoms. The number of non-ortho nitro benzene ring substituents is 1. The van der Waals surface area contributed by atoms with E-state index in [9.17, 15) is 14.9 Å². The van der Waals surface area contributed by atoms with E-state index in [1.165, 1.54) is 44.7 Å². The molecule has 2 rings (SSSR count). The van der Waals surface area contributed by atoms with E-state index in [0.29, 0.717) is 17.1 Å². The molecule has 0 saturated carbocycles. The lowest BCUT2D eigenvalue weighted by molar-refractivity contribution is -0.384. The number of rotatable bonds is 6. The number of carbonyl (C=O) groups excluding carboxylic acids is 1. The van der Waals surface area contributed by atoms with Gasteiger partial charge in [0.2, 0.25) is 0 Å². The smallest absolute Gasteiger partial charge is 0.275 e. The normalized spacial score (nSPS) is 10.5. The first-order valence-electron chi connectivity index (χ1n) is 6.95. The van der Waals surface area contributed by atoms with Crippen molar-refractivity contribution in [2.75, 3.05) is 14.2 Å². The van der Waals surface area contributed by atoms with Crippen LogP contribution in [-0.4, -0.2) is 31.3 Å². The van der Waals surface area contributed by atoms with Crippen LogP contribution in [0.5, 0.6) is 11.5 Å². The van der Waals surface area contributed by atoms with E-state index < -0.39 is 10.8 Å². The van der Waals surface area contributed by atoms with E-state index in [1.807, 2.05) is 0 Å². The third kappa shape index (κ3) is 4.45. The molecule has 8 nitrogen and oxygen atoms in total. The first-order chi connectivity index (χ1) is 12.0. The summed E-state index contributed by atoms with van der Waals surface area (Å²) in [6.07, 6.45) is 1.23. The van der Waals surface area contributed by atoms with Gasteiger partial charge >= 0.3 is 0 Å². The van der Waals surface area contributed by atoms with Crippen molar-refractivity contribution in [2.45, 2.75) is 0 Å². The molecule has 1 N–H and O–H groups in total. The molecular weight excluding hydrogens is 350 g/mol. The summed E-state index contributed by atoms with van der Waals surface area (Å²) in [5.74, 6) is 0.345. The van der Waals surface area contributed by atoms with Crippen LogP contribution in [0.15, 0.2) is 41.5 Å². The minimum absolute atomic E-state index is 0.131. The van der Waals surface area contributed by atoms with Crippen molar-refractivity contribution in [2.24, 2.45) is 5.10 Å². The Kier molecular flexibility index (Phi) is 5.91. The van der Waals surface area contributed by atoms with Gasteiger partial charge < -0.3 is 9.47 Å². The van der Waals surface area contributed by atoms with E-state index in [2.05, 4.69) is 10.5 Å². The predicted octanol–water partition coefficient (Wildman–Crippen LogP) is 3.03. The SMILES string of the molecule is COc1ccc(C(=O)N/N=C\c2cc([N+](=O)[O-])ccc2Cl)c(OC)c1. The Morgan fingerprint density at radius 3 is 2.64 bits per heavy atom. The zero-order chi connectivity index (χ0) is 18.4. The van der Waals surface area contributed by atoms with Crippen molar-refractivity contribution < 1.29 is 19.2 Å². The zero-order valence-electron chi connectivity index (χ0n) is 13.4. The van der Waals surface area contributed by atoms with E-state index in [0.717, 1.165) is 0 Å². The Hall–Kier alpha value is -3.13. The minimum Gasteiger partial charge on any atom is -0.497 e. The molecule has 0 aliphatic heterocycles. The number of nitro benzene ring substituents is 1. The Morgan fingerprint density at radius 1 is 1.24 bits per heavy atom. The number of benzene rings is 2.